The van der Waals surface area contributed by atoms with E-state index in [1.54, 1.807) is 0 Å². The maximum atomic E-state index is 6.00. The van der Waals surface area contributed by atoms with E-state index in [1.165, 1.54) is 0 Å². The summed E-state index contributed by atoms with van der Waals surface area (Å²) in [5.74, 6) is 2.67. The monoisotopic (exact) mass is 355 g/mol. The summed E-state index contributed by atoms with van der Waals surface area (Å²) in [5.41, 5.74) is 7.90. The predicted octanol–water partition coefficient (Wildman–Crippen LogP) is 3.35. The van der Waals surface area contributed by atoms with Crippen LogP contribution >= 0.6 is 0 Å². The number of nitrogens with zero attached hydrogens (tertiary/aromatic N) is 1. The zero-order valence-electron chi connectivity index (χ0n) is 15.2. The lowest BCUT2D eigenvalue weighted by molar-refractivity contribution is 0.229. The number of benzene rings is 2. The van der Waals surface area contributed by atoms with Gasteiger partial charge >= 0.3 is 0 Å². The average Bonchev–Trinajstić information content (AvgIpc) is 2.87. The summed E-state index contributed by atoms with van der Waals surface area (Å²) in [7, 11) is 0. The first kappa shape index (κ1) is 17.9. The van der Waals surface area contributed by atoms with E-state index in [4.69, 9.17) is 19.9 Å². The molecular formula is C20H25N3O3. The Balaban J connectivity index is 1.56. The van der Waals surface area contributed by atoms with Crippen molar-refractivity contribution in [1.82, 2.24) is 0 Å². The number of para-hydroxylation sites is 1. The predicted molar refractivity (Wildman–Crippen MR) is 103 cm³/mol. The Kier molecular flexibility index (Phi) is 5.84. The number of hydrogen-bond donors (Lipinski definition) is 2. The Morgan fingerprint density at radius 1 is 1.19 bits per heavy atom. The lowest BCUT2D eigenvalue weighted by atomic mass is 10.2. The number of rotatable bonds is 5. The highest BCUT2D eigenvalue weighted by Crippen LogP contribution is 2.32. The quantitative estimate of drug-likeness (QED) is 0.635. The van der Waals surface area contributed by atoms with Crippen LogP contribution in [0.2, 0.25) is 0 Å². The second-order valence-electron chi connectivity index (χ2n) is 6.26. The molecule has 1 aliphatic rings. The molecule has 6 nitrogen and oxygen atoms in total. The summed E-state index contributed by atoms with van der Waals surface area (Å²) in [4.78, 5) is 4.36. The van der Waals surface area contributed by atoms with Gasteiger partial charge in [0.05, 0.1) is 19.8 Å². The highest BCUT2D eigenvalue weighted by atomic mass is 16.5. The molecule has 0 saturated heterocycles. The van der Waals surface area contributed by atoms with Crippen LogP contribution in [0.25, 0.3) is 0 Å². The molecule has 0 fully saturated rings. The molecule has 0 saturated carbocycles. The fourth-order valence-electron chi connectivity index (χ4n) is 2.60. The van der Waals surface area contributed by atoms with Gasteiger partial charge in [0.15, 0.2) is 17.5 Å². The molecule has 6 heteroatoms. The molecule has 1 unspecified atom stereocenters. The van der Waals surface area contributed by atoms with Gasteiger partial charge in [-0.3, -0.25) is 0 Å². The number of aliphatic imine (C=N–C) groups is 1. The third-order valence-electron chi connectivity index (χ3n) is 3.96. The molecule has 1 heterocycles. The Hall–Kier alpha value is -2.89. The molecule has 138 valence electrons. The van der Waals surface area contributed by atoms with Crippen LogP contribution in [0.5, 0.6) is 17.2 Å². The van der Waals surface area contributed by atoms with Gasteiger partial charge in [-0.15, -0.1) is 0 Å². The number of hydrogen-bond acceptors (Lipinski definition) is 4. The van der Waals surface area contributed by atoms with Crippen molar-refractivity contribution in [3.8, 4) is 17.2 Å². The minimum atomic E-state index is -0.0831. The Bertz CT molecular complexity index is 777. The van der Waals surface area contributed by atoms with Crippen molar-refractivity contribution in [1.29, 1.82) is 0 Å². The highest BCUT2D eigenvalue weighted by molar-refractivity contribution is 5.92. The first-order valence-electron chi connectivity index (χ1n) is 8.80. The van der Waals surface area contributed by atoms with Crippen molar-refractivity contribution in [2.45, 2.75) is 26.4 Å². The van der Waals surface area contributed by atoms with Crippen LogP contribution in [0, 0.1) is 6.92 Å². The molecule has 1 aliphatic heterocycles. The lowest BCUT2D eigenvalue weighted by Crippen LogP contribution is -2.25. The summed E-state index contributed by atoms with van der Waals surface area (Å²) < 4.78 is 17.2. The smallest absolute Gasteiger partial charge is 0.193 e. The molecule has 3 N–H and O–H groups in total. The Morgan fingerprint density at radius 3 is 2.77 bits per heavy atom. The van der Waals surface area contributed by atoms with Crippen molar-refractivity contribution < 1.29 is 14.2 Å². The SMILES string of the molecule is Cc1ccccc1OC(C)CN=C(N)Nc1ccc2c(c1)OCCCO2. The fourth-order valence-corrected chi connectivity index (χ4v) is 2.60. The van der Waals surface area contributed by atoms with E-state index in [1.807, 2.05) is 56.3 Å². The molecule has 0 bridgehead atoms. The van der Waals surface area contributed by atoms with E-state index in [0.29, 0.717) is 25.7 Å². The molecular weight excluding hydrogens is 330 g/mol. The summed E-state index contributed by atoms with van der Waals surface area (Å²) in [6, 6.07) is 13.6. The summed E-state index contributed by atoms with van der Waals surface area (Å²) in [5, 5.41) is 3.08. The summed E-state index contributed by atoms with van der Waals surface area (Å²) in [6.45, 7) is 5.76. The van der Waals surface area contributed by atoms with Crippen molar-refractivity contribution in [3.05, 3.63) is 48.0 Å². The summed E-state index contributed by atoms with van der Waals surface area (Å²) in [6.07, 6.45) is 0.792. The van der Waals surface area contributed by atoms with E-state index in [0.717, 1.165) is 34.9 Å². The molecule has 2 aromatic rings. The van der Waals surface area contributed by atoms with E-state index < -0.39 is 0 Å². The van der Waals surface area contributed by atoms with Gasteiger partial charge in [-0.25, -0.2) is 4.99 Å². The van der Waals surface area contributed by atoms with Gasteiger partial charge < -0.3 is 25.3 Å². The van der Waals surface area contributed by atoms with Gasteiger partial charge in [-0.2, -0.15) is 0 Å². The molecule has 1 atom stereocenters. The number of guanidine groups is 1. The van der Waals surface area contributed by atoms with Gasteiger partial charge in [0.2, 0.25) is 0 Å². The van der Waals surface area contributed by atoms with Crippen LogP contribution in [-0.2, 0) is 0 Å². The first-order valence-corrected chi connectivity index (χ1v) is 8.80. The van der Waals surface area contributed by atoms with Gasteiger partial charge in [-0.05, 0) is 37.6 Å². The van der Waals surface area contributed by atoms with E-state index in [-0.39, 0.29) is 6.10 Å². The van der Waals surface area contributed by atoms with Crippen molar-refractivity contribution in [2.24, 2.45) is 10.7 Å². The molecule has 26 heavy (non-hydrogen) atoms. The molecule has 0 aromatic heterocycles. The molecule has 0 amide bonds. The van der Waals surface area contributed by atoms with Crippen LogP contribution in [0.4, 0.5) is 5.69 Å². The third kappa shape index (κ3) is 4.81. The fraction of sp³-hybridized carbons (Fsp3) is 0.350. The Morgan fingerprint density at radius 2 is 1.96 bits per heavy atom. The molecule has 0 aliphatic carbocycles. The number of ether oxygens (including phenoxy) is 3. The van der Waals surface area contributed by atoms with Crippen LogP contribution < -0.4 is 25.3 Å². The number of nitrogens with two attached hydrogens (primary N) is 1. The third-order valence-corrected chi connectivity index (χ3v) is 3.96. The minimum Gasteiger partial charge on any atom is -0.490 e. The van der Waals surface area contributed by atoms with Gasteiger partial charge in [0.25, 0.3) is 0 Å². The summed E-state index contributed by atoms with van der Waals surface area (Å²) >= 11 is 0. The number of nitrogens with one attached hydrogen (secondary N) is 1. The van der Waals surface area contributed by atoms with Crippen molar-refractivity contribution in [3.63, 3.8) is 0 Å². The second-order valence-corrected chi connectivity index (χ2v) is 6.26. The van der Waals surface area contributed by atoms with E-state index >= 15 is 0 Å². The van der Waals surface area contributed by atoms with Crippen LogP contribution in [-0.4, -0.2) is 31.8 Å². The topological polar surface area (TPSA) is 78.1 Å². The van der Waals surface area contributed by atoms with Crippen LogP contribution in [0.15, 0.2) is 47.5 Å². The standard InChI is InChI=1S/C20H25N3O3/c1-14-6-3-4-7-17(14)26-15(2)13-22-20(21)23-16-8-9-18-19(12-16)25-11-5-10-24-18/h3-4,6-9,12,15H,5,10-11,13H2,1-2H3,(H3,21,22,23). The van der Waals surface area contributed by atoms with E-state index in [9.17, 15) is 0 Å². The lowest BCUT2D eigenvalue weighted by Gasteiger charge is -2.15. The van der Waals surface area contributed by atoms with Crippen molar-refractivity contribution >= 4 is 11.6 Å². The highest BCUT2D eigenvalue weighted by Gasteiger charge is 2.11. The van der Waals surface area contributed by atoms with Gasteiger partial charge in [0, 0.05) is 18.2 Å². The average molecular weight is 355 g/mol. The zero-order chi connectivity index (χ0) is 18.4. The number of anilines is 1. The molecule has 0 spiro atoms. The molecule has 3 rings (SSSR count). The van der Waals surface area contributed by atoms with Gasteiger partial charge in [-0.1, -0.05) is 18.2 Å². The maximum Gasteiger partial charge on any atom is 0.193 e. The largest absolute Gasteiger partial charge is 0.490 e. The maximum absolute atomic E-state index is 6.00. The van der Waals surface area contributed by atoms with Crippen molar-refractivity contribution in [2.75, 3.05) is 25.1 Å². The minimum absolute atomic E-state index is 0.0831. The van der Waals surface area contributed by atoms with Gasteiger partial charge in [0.1, 0.15) is 11.9 Å². The second kappa shape index (κ2) is 8.47. The zero-order valence-corrected chi connectivity index (χ0v) is 15.2. The number of aryl methyl sites for hydroxylation is 1. The Labute approximate surface area is 154 Å². The van der Waals surface area contributed by atoms with E-state index in [2.05, 4.69) is 10.3 Å². The van der Waals surface area contributed by atoms with Crippen LogP contribution in [0.3, 0.4) is 0 Å². The van der Waals surface area contributed by atoms with Crippen LogP contribution in [0.1, 0.15) is 18.9 Å². The normalized spacial score (nSPS) is 15.1. The molecule has 0 radical (unpaired) electrons. The molecule has 2 aromatic carbocycles. The number of fused-ring (bicyclic) bond motifs is 1. The first-order chi connectivity index (χ1) is 12.6.